The maximum Gasteiger partial charge on any atom is 2.00 e. The molecule has 0 unspecified atom stereocenters. The first-order valence-electron chi connectivity index (χ1n) is 3.84. The van der Waals surface area contributed by atoms with E-state index in [9.17, 15) is 4.39 Å². The van der Waals surface area contributed by atoms with Crippen LogP contribution in [0.4, 0.5) is 4.39 Å². The van der Waals surface area contributed by atoms with Crippen molar-refractivity contribution >= 4 is 23.1 Å². The summed E-state index contributed by atoms with van der Waals surface area (Å²) in [7, 11) is 0. The van der Waals surface area contributed by atoms with Crippen LogP contribution in [0.2, 0.25) is 0 Å². The Morgan fingerprint density at radius 2 is 1.93 bits per heavy atom. The largest absolute Gasteiger partial charge is 2.00 e. The van der Waals surface area contributed by atoms with Gasteiger partial charge in [-0.1, -0.05) is 0 Å². The average Bonchev–Trinajstić information content (AvgIpc) is 1.91. The minimum Gasteiger partial charge on any atom is -1.00 e. The second kappa shape index (κ2) is 6.64. The molecule has 0 heterocycles. The molecule has 0 saturated carbocycles. The molecule has 0 aromatic heterocycles. The van der Waals surface area contributed by atoms with Gasteiger partial charge >= 0.3 is 23.1 Å². The van der Waals surface area contributed by atoms with Crippen LogP contribution in [0, 0.1) is 11.9 Å². The Morgan fingerprint density at radius 1 is 1.36 bits per heavy atom. The van der Waals surface area contributed by atoms with Gasteiger partial charge in [0.25, 0.3) is 0 Å². The van der Waals surface area contributed by atoms with Crippen molar-refractivity contribution < 1.29 is 26.1 Å². The Morgan fingerprint density at radius 3 is 2.36 bits per heavy atom. The van der Waals surface area contributed by atoms with Crippen LogP contribution >= 0.6 is 0 Å². The van der Waals surface area contributed by atoms with Crippen LogP contribution in [0.1, 0.15) is 20.8 Å². The molecule has 0 aliphatic heterocycles. The van der Waals surface area contributed by atoms with Crippen LogP contribution in [0.15, 0.2) is 18.2 Å². The van der Waals surface area contributed by atoms with Crippen LogP contribution in [-0.4, -0.2) is 28.7 Å². The summed E-state index contributed by atoms with van der Waals surface area (Å²) in [6.45, 7) is 5.60. The second-order valence-electron chi connectivity index (χ2n) is 3.56. The van der Waals surface area contributed by atoms with E-state index in [4.69, 9.17) is 4.74 Å². The van der Waals surface area contributed by atoms with Gasteiger partial charge in [-0.3, -0.25) is 4.39 Å². The molecule has 0 N–H and O–H groups in total. The van der Waals surface area contributed by atoms with Crippen molar-refractivity contribution in [2.24, 2.45) is 0 Å². The Labute approximate surface area is 111 Å². The molecule has 0 saturated heterocycles. The smallest absolute Gasteiger partial charge is 1.00 e. The molecular weight excluding hydrogens is 259 g/mol. The van der Waals surface area contributed by atoms with E-state index in [0.29, 0.717) is 0 Å². The minimum absolute atomic E-state index is 0. The zero-order valence-corrected chi connectivity index (χ0v) is 11.6. The first kappa shape index (κ1) is 16.6. The van der Waals surface area contributed by atoms with Crippen molar-refractivity contribution in [2.75, 3.05) is 0 Å². The van der Waals surface area contributed by atoms with Gasteiger partial charge < -0.3 is 21.7 Å². The molecule has 1 nitrogen and oxygen atoms in total. The van der Waals surface area contributed by atoms with E-state index < -0.39 is 0 Å². The summed E-state index contributed by atoms with van der Waals surface area (Å²) in [6.07, 6.45) is 0. The molecule has 1 aromatic rings. The van der Waals surface area contributed by atoms with Gasteiger partial charge in [0, 0.05) is 11.6 Å². The molecular formula is C10H12BrFMgO. The van der Waals surface area contributed by atoms with Crippen LogP contribution < -0.4 is 21.7 Å². The number of halogens is 2. The summed E-state index contributed by atoms with van der Waals surface area (Å²) in [5.74, 6) is -0.183. The molecule has 1 rings (SSSR count). The molecule has 14 heavy (non-hydrogen) atoms. The first-order chi connectivity index (χ1) is 5.49. The minimum atomic E-state index is -0.376. The molecule has 0 radical (unpaired) electrons. The summed E-state index contributed by atoms with van der Waals surface area (Å²) in [5.41, 5.74) is -0.376. The topological polar surface area (TPSA) is 9.23 Å². The van der Waals surface area contributed by atoms with Crippen molar-refractivity contribution in [1.29, 1.82) is 0 Å². The maximum absolute atomic E-state index is 13.0. The molecule has 0 aliphatic rings. The Kier molecular flexibility index (Phi) is 7.88. The number of ether oxygens (including phenoxy) is 1. The van der Waals surface area contributed by atoms with E-state index >= 15 is 0 Å². The van der Waals surface area contributed by atoms with E-state index in [2.05, 4.69) is 6.07 Å². The summed E-state index contributed by atoms with van der Waals surface area (Å²) in [5, 5.41) is 0. The second-order valence-corrected chi connectivity index (χ2v) is 3.56. The van der Waals surface area contributed by atoms with Gasteiger partial charge in [-0.25, -0.2) is 0 Å². The fourth-order valence-electron chi connectivity index (χ4n) is 0.785. The third kappa shape index (κ3) is 5.83. The van der Waals surface area contributed by atoms with Crippen LogP contribution in [-0.2, 0) is 0 Å². The van der Waals surface area contributed by atoms with Crippen molar-refractivity contribution in [3.05, 3.63) is 30.1 Å². The number of hydrogen-bond donors (Lipinski definition) is 0. The SMILES string of the molecule is CC(C)(C)Oc1[c-]cccc1F.[Br-].[Mg+2]. The van der Waals surface area contributed by atoms with Gasteiger partial charge in [0.2, 0.25) is 0 Å². The average molecular weight is 271 g/mol. The zero-order chi connectivity index (χ0) is 9.19. The standard InChI is InChI=1S/C10H12FO.BrH.Mg/c1-10(2,3)12-9-7-5-4-6-8(9)11;;/h4-6H,1-3H3;1H;/q-1;;+2/p-1. The fourth-order valence-corrected chi connectivity index (χ4v) is 0.785. The summed E-state index contributed by atoms with van der Waals surface area (Å²) in [4.78, 5) is 0. The van der Waals surface area contributed by atoms with Gasteiger partial charge in [0.15, 0.2) is 0 Å². The number of benzene rings is 1. The van der Waals surface area contributed by atoms with Gasteiger partial charge in [-0.05, 0) is 20.8 Å². The quantitative estimate of drug-likeness (QED) is 0.491. The predicted molar refractivity (Wildman–Crippen MR) is 51.4 cm³/mol. The van der Waals surface area contributed by atoms with E-state index in [1.807, 2.05) is 20.8 Å². The van der Waals surface area contributed by atoms with E-state index in [1.165, 1.54) is 6.07 Å². The Balaban J connectivity index is 0. The fraction of sp³-hybridized carbons (Fsp3) is 0.400. The van der Waals surface area contributed by atoms with Gasteiger partial charge in [0.1, 0.15) is 0 Å². The van der Waals surface area contributed by atoms with E-state index in [0.717, 1.165) is 0 Å². The molecule has 0 aliphatic carbocycles. The van der Waals surface area contributed by atoms with Gasteiger partial charge in [-0.2, -0.15) is 12.1 Å². The molecule has 0 atom stereocenters. The third-order valence-corrected chi connectivity index (χ3v) is 1.18. The van der Waals surface area contributed by atoms with E-state index in [1.54, 1.807) is 12.1 Å². The van der Waals surface area contributed by atoms with E-state index in [-0.39, 0.29) is 57.2 Å². The summed E-state index contributed by atoms with van der Waals surface area (Å²) < 4.78 is 18.3. The number of hydrogen-bond acceptors (Lipinski definition) is 1. The summed E-state index contributed by atoms with van der Waals surface area (Å²) in [6, 6.07) is 7.27. The predicted octanol–water partition coefficient (Wildman–Crippen LogP) is -0.574. The Hall–Kier alpha value is 0.196. The molecule has 0 amide bonds. The van der Waals surface area contributed by atoms with Crippen molar-refractivity contribution in [3.63, 3.8) is 0 Å². The van der Waals surface area contributed by atoms with Crippen LogP contribution in [0.3, 0.4) is 0 Å². The molecule has 0 fully saturated rings. The van der Waals surface area contributed by atoms with Crippen molar-refractivity contribution in [3.8, 4) is 5.75 Å². The molecule has 1 aromatic carbocycles. The molecule has 4 heteroatoms. The zero-order valence-electron chi connectivity index (χ0n) is 8.60. The van der Waals surface area contributed by atoms with Crippen LogP contribution in [0.25, 0.3) is 0 Å². The molecule has 0 spiro atoms. The van der Waals surface area contributed by atoms with Crippen LogP contribution in [0.5, 0.6) is 5.75 Å². The van der Waals surface area contributed by atoms with Gasteiger partial charge in [-0.15, -0.1) is 12.1 Å². The van der Waals surface area contributed by atoms with Crippen molar-refractivity contribution in [1.82, 2.24) is 0 Å². The van der Waals surface area contributed by atoms with Crippen molar-refractivity contribution in [2.45, 2.75) is 26.4 Å². The monoisotopic (exact) mass is 270 g/mol. The first-order valence-corrected chi connectivity index (χ1v) is 3.84. The molecule has 0 bridgehead atoms. The number of para-hydroxylation sites is 1. The third-order valence-electron chi connectivity index (χ3n) is 1.18. The normalized spacial score (nSPS) is 9.71. The maximum atomic E-state index is 13.0. The number of rotatable bonds is 1. The Bertz CT molecular complexity index is 273. The molecule has 74 valence electrons. The summed E-state index contributed by atoms with van der Waals surface area (Å²) >= 11 is 0. The van der Waals surface area contributed by atoms with Gasteiger partial charge in [0.05, 0.1) is 5.60 Å².